The first-order valence-corrected chi connectivity index (χ1v) is 7.82. The van der Waals surface area contributed by atoms with Crippen molar-refractivity contribution in [1.29, 1.82) is 0 Å². The standard InChI is InChI=1S/C12H15ClFNO3S/c1-8(9-5-6-18-7-9)15-19(16,17)12-10(13)3-2-4-11(12)14/h2-4,8-9,15H,5-7H2,1H3/t8-,9-/m0/s1. The molecule has 1 aliphatic heterocycles. The zero-order valence-electron chi connectivity index (χ0n) is 10.4. The lowest BCUT2D eigenvalue weighted by atomic mass is 10.0. The van der Waals surface area contributed by atoms with E-state index in [4.69, 9.17) is 16.3 Å². The first-order chi connectivity index (χ1) is 8.92. The molecule has 0 saturated carbocycles. The summed E-state index contributed by atoms with van der Waals surface area (Å²) < 4.78 is 45.6. The smallest absolute Gasteiger partial charge is 0.245 e. The monoisotopic (exact) mass is 307 g/mol. The normalized spacial score (nSPS) is 21.5. The zero-order chi connectivity index (χ0) is 14.0. The minimum Gasteiger partial charge on any atom is -0.381 e. The summed E-state index contributed by atoms with van der Waals surface area (Å²) in [5.74, 6) is -0.754. The number of ether oxygens (including phenoxy) is 1. The maximum absolute atomic E-state index is 13.6. The van der Waals surface area contributed by atoms with Crippen molar-refractivity contribution in [2.75, 3.05) is 13.2 Å². The summed E-state index contributed by atoms with van der Waals surface area (Å²) in [5, 5.41) is -0.123. The molecule has 1 fully saturated rings. The van der Waals surface area contributed by atoms with E-state index in [0.29, 0.717) is 13.2 Å². The molecule has 1 aliphatic rings. The van der Waals surface area contributed by atoms with Crippen LogP contribution in [0.5, 0.6) is 0 Å². The second-order valence-corrected chi connectivity index (χ2v) is 6.64. The molecule has 1 heterocycles. The average molecular weight is 308 g/mol. The summed E-state index contributed by atoms with van der Waals surface area (Å²) in [4.78, 5) is -0.498. The molecule has 106 valence electrons. The van der Waals surface area contributed by atoms with Crippen molar-refractivity contribution in [3.05, 3.63) is 29.0 Å². The third-order valence-electron chi connectivity index (χ3n) is 3.20. The van der Waals surface area contributed by atoms with E-state index in [-0.39, 0.29) is 17.0 Å². The lowest BCUT2D eigenvalue weighted by Crippen LogP contribution is -2.38. The molecule has 0 aliphatic carbocycles. The van der Waals surface area contributed by atoms with Crippen LogP contribution in [-0.4, -0.2) is 27.7 Å². The van der Waals surface area contributed by atoms with E-state index in [1.165, 1.54) is 12.1 Å². The molecule has 0 spiro atoms. The number of hydrogen-bond donors (Lipinski definition) is 1. The minimum atomic E-state index is -3.97. The first kappa shape index (κ1) is 14.7. The summed E-state index contributed by atoms with van der Waals surface area (Å²) in [6.45, 7) is 2.87. The average Bonchev–Trinajstić information content (AvgIpc) is 2.80. The van der Waals surface area contributed by atoms with E-state index >= 15 is 0 Å². The van der Waals surface area contributed by atoms with Gasteiger partial charge in [0.25, 0.3) is 0 Å². The molecule has 1 aromatic carbocycles. The predicted molar refractivity (Wildman–Crippen MR) is 70.1 cm³/mol. The summed E-state index contributed by atoms with van der Waals surface area (Å²) in [6.07, 6.45) is 0.786. The quantitative estimate of drug-likeness (QED) is 0.927. The van der Waals surface area contributed by atoms with Crippen LogP contribution in [0.15, 0.2) is 23.1 Å². The van der Waals surface area contributed by atoms with Crippen LogP contribution in [0.2, 0.25) is 5.02 Å². The number of sulfonamides is 1. The molecule has 2 rings (SSSR count). The fourth-order valence-electron chi connectivity index (χ4n) is 2.09. The van der Waals surface area contributed by atoms with Crippen molar-refractivity contribution in [3.63, 3.8) is 0 Å². The van der Waals surface area contributed by atoms with Crippen molar-refractivity contribution in [2.45, 2.75) is 24.3 Å². The van der Waals surface area contributed by atoms with Crippen molar-refractivity contribution >= 4 is 21.6 Å². The van der Waals surface area contributed by atoms with Gasteiger partial charge in [-0.3, -0.25) is 0 Å². The molecule has 0 radical (unpaired) electrons. The highest BCUT2D eigenvalue weighted by Crippen LogP contribution is 2.25. The number of halogens is 2. The predicted octanol–water partition coefficient (Wildman–Crippen LogP) is 2.18. The molecule has 4 nitrogen and oxygen atoms in total. The Morgan fingerprint density at radius 3 is 2.84 bits per heavy atom. The molecule has 7 heteroatoms. The van der Waals surface area contributed by atoms with Gasteiger partial charge in [-0.25, -0.2) is 17.5 Å². The van der Waals surface area contributed by atoms with Gasteiger partial charge in [-0.05, 0) is 25.5 Å². The molecule has 0 bridgehead atoms. The highest BCUT2D eigenvalue weighted by molar-refractivity contribution is 7.89. The van der Waals surface area contributed by atoms with Crippen LogP contribution in [0.25, 0.3) is 0 Å². The topological polar surface area (TPSA) is 55.4 Å². The number of rotatable bonds is 4. The van der Waals surface area contributed by atoms with E-state index in [2.05, 4.69) is 4.72 Å². The van der Waals surface area contributed by atoms with Gasteiger partial charge in [-0.15, -0.1) is 0 Å². The van der Waals surface area contributed by atoms with Crippen LogP contribution < -0.4 is 4.72 Å². The Morgan fingerprint density at radius 2 is 2.26 bits per heavy atom. The SMILES string of the molecule is C[C@H](NS(=O)(=O)c1c(F)cccc1Cl)[C@H]1CCOC1. The maximum Gasteiger partial charge on any atom is 0.245 e. The van der Waals surface area contributed by atoms with Crippen molar-refractivity contribution in [3.8, 4) is 0 Å². The molecule has 19 heavy (non-hydrogen) atoms. The Balaban J connectivity index is 2.22. The van der Waals surface area contributed by atoms with Gasteiger partial charge in [0, 0.05) is 18.6 Å². The molecule has 0 aromatic heterocycles. The Morgan fingerprint density at radius 1 is 1.53 bits per heavy atom. The Bertz CT molecular complexity index is 538. The fraction of sp³-hybridized carbons (Fsp3) is 0.500. The Kier molecular flexibility index (Phi) is 4.45. The van der Waals surface area contributed by atoms with E-state index in [0.717, 1.165) is 12.5 Å². The van der Waals surface area contributed by atoms with Crippen molar-refractivity contribution < 1.29 is 17.5 Å². The molecular weight excluding hydrogens is 293 g/mol. The van der Waals surface area contributed by atoms with Gasteiger partial charge in [0.05, 0.1) is 11.6 Å². The van der Waals surface area contributed by atoms with Crippen molar-refractivity contribution in [2.24, 2.45) is 5.92 Å². The largest absolute Gasteiger partial charge is 0.381 e. The maximum atomic E-state index is 13.6. The second kappa shape index (κ2) is 5.75. The van der Waals surface area contributed by atoms with Gasteiger partial charge in [0.1, 0.15) is 10.7 Å². The van der Waals surface area contributed by atoms with E-state index < -0.39 is 20.7 Å². The summed E-state index contributed by atoms with van der Waals surface area (Å²) in [7, 11) is -3.97. The summed E-state index contributed by atoms with van der Waals surface area (Å²) in [6, 6.07) is 3.46. The zero-order valence-corrected chi connectivity index (χ0v) is 12.0. The van der Waals surface area contributed by atoms with Crippen LogP contribution in [0.4, 0.5) is 4.39 Å². The van der Waals surface area contributed by atoms with Gasteiger partial charge >= 0.3 is 0 Å². The lowest BCUT2D eigenvalue weighted by molar-refractivity contribution is 0.180. The molecule has 1 N–H and O–H groups in total. The Labute approximate surface area is 117 Å². The molecule has 2 atom stereocenters. The second-order valence-electron chi connectivity index (χ2n) is 4.58. The van der Waals surface area contributed by atoms with Gasteiger partial charge in [-0.2, -0.15) is 0 Å². The van der Waals surface area contributed by atoms with E-state index in [1.807, 2.05) is 0 Å². The van der Waals surface area contributed by atoms with Gasteiger partial charge in [0.15, 0.2) is 0 Å². The van der Waals surface area contributed by atoms with Crippen LogP contribution in [0.1, 0.15) is 13.3 Å². The van der Waals surface area contributed by atoms with Crippen LogP contribution in [0.3, 0.4) is 0 Å². The number of nitrogens with one attached hydrogen (secondary N) is 1. The molecule has 1 saturated heterocycles. The Hall–Kier alpha value is -0.690. The first-order valence-electron chi connectivity index (χ1n) is 5.96. The van der Waals surface area contributed by atoms with Gasteiger partial charge in [-0.1, -0.05) is 17.7 Å². The molecule has 0 unspecified atom stereocenters. The van der Waals surface area contributed by atoms with Crippen LogP contribution in [-0.2, 0) is 14.8 Å². The fourth-order valence-corrected chi connectivity index (χ4v) is 4.00. The third kappa shape index (κ3) is 3.25. The third-order valence-corrected chi connectivity index (χ3v) is 5.26. The van der Waals surface area contributed by atoms with Gasteiger partial charge in [0.2, 0.25) is 10.0 Å². The number of benzene rings is 1. The number of hydrogen-bond acceptors (Lipinski definition) is 3. The van der Waals surface area contributed by atoms with Crippen molar-refractivity contribution in [1.82, 2.24) is 4.72 Å². The summed E-state index contributed by atoms with van der Waals surface area (Å²) >= 11 is 5.77. The minimum absolute atomic E-state index is 0.0975. The highest BCUT2D eigenvalue weighted by Gasteiger charge is 2.29. The highest BCUT2D eigenvalue weighted by atomic mass is 35.5. The van der Waals surface area contributed by atoms with E-state index in [1.54, 1.807) is 6.92 Å². The van der Waals surface area contributed by atoms with Crippen LogP contribution in [0, 0.1) is 11.7 Å². The van der Waals surface area contributed by atoms with E-state index in [9.17, 15) is 12.8 Å². The molecule has 1 aromatic rings. The van der Waals surface area contributed by atoms with Gasteiger partial charge < -0.3 is 4.74 Å². The van der Waals surface area contributed by atoms with Crippen LogP contribution >= 0.6 is 11.6 Å². The molecular formula is C12H15ClFNO3S. The lowest BCUT2D eigenvalue weighted by Gasteiger charge is -2.19. The summed E-state index contributed by atoms with van der Waals surface area (Å²) in [5.41, 5.74) is 0. The molecule has 0 amide bonds.